The van der Waals surface area contributed by atoms with Gasteiger partial charge in [0.05, 0.1) is 0 Å². The predicted molar refractivity (Wildman–Crippen MR) is 53.3 cm³/mol. The first-order chi connectivity index (χ1) is 5.70. The smallest absolute Gasteiger partial charge is 0.189 e. The molecule has 0 radical (unpaired) electrons. The molecule has 0 aliphatic rings. The van der Waals surface area contributed by atoms with Crippen molar-refractivity contribution in [1.29, 1.82) is 0 Å². The van der Waals surface area contributed by atoms with Gasteiger partial charge in [0, 0.05) is 5.92 Å². The van der Waals surface area contributed by atoms with Gasteiger partial charge in [-0.05, 0) is 12.0 Å². The Morgan fingerprint density at radius 3 is 2.50 bits per heavy atom. The minimum atomic E-state index is -0.0427. The molecule has 2 heteroatoms. The molecular weight excluding hydrogens is 168 g/mol. The monoisotopic (exact) mass is 180 g/mol. The molecule has 1 atom stereocenters. The molecule has 0 heterocycles. The lowest BCUT2D eigenvalue weighted by Crippen LogP contribution is -2.06. The van der Waals surface area contributed by atoms with Crippen molar-refractivity contribution in [3.05, 3.63) is 35.9 Å². The molecule has 0 fully saturated rings. The molecule has 0 saturated carbocycles. The van der Waals surface area contributed by atoms with Crippen LogP contribution in [-0.4, -0.2) is 5.12 Å². The first-order valence-corrected chi connectivity index (χ1v) is 4.41. The van der Waals surface area contributed by atoms with Crippen LogP contribution < -0.4 is 0 Å². The summed E-state index contributed by atoms with van der Waals surface area (Å²) in [5.41, 5.74) is 1.19. The Balaban J connectivity index is 2.58. The van der Waals surface area contributed by atoms with Crippen LogP contribution in [0.5, 0.6) is 0 Å². The first kappa shape index (κ1) is 9.33. The summed E-state index contributed by atoms with van der Waals surface area (Å²) < 4.78 is 0. The molecule has 1 aromatic rings. The van der Waals surface area contributed by atoms with E-state index in [9.17, 15) is 4.79 Å². The van der Waals surface area contributed by atoms with E-state index in [2.05, 4.69) is 12.6 Å². The Kier molecular flexibility index (Phi) is 3.35. The van der Waals surface area contributed by atoms with Crippen LogP contribution in [-0.2, 0) is 11.2 Å². The molecule has 0 aliphatic carbocycles. The standard InChI is InChI=1S/C10H12OS/c1-8(10(11)12)7-9-5-3-2-4-6-9/h2-6,8H,7H2,1H3,(H,11,12)/t8-/m0/s1. The van der Waals surface area contributed by atoms with Crippen molar-refractivity contribution in [1.82, 2.24) is 0 Å². The molecule has 0 saturated heterocycles. The second-order valence-corrected chi connectivity index (χ2v) is 3.37. The predicted octanol–water partition coefficient (Wildman–Crippen LogP) is 2.32. The lowest BCUT2D eigenvalue weighted by Gasteiger charge is -2.05. The number of rotatable bonds is 3. The zero-order chi connectivity index (χ0) is 8.97. The van der Waals surface area contributed by atoms with E-state index in [4.69, 9.17) is 0 Å². The summed E-state index contributed by atoms with van der Waals surface area (Å²) >= 11 is 3.78. The second kappa shape index (κ2) is 4.31. The van der Waals surface area contributed by atoms with Crippen molar-refractivity contribution < 1.29 is 4.79 Å². The van der Waals surface area contributed by atoms with Crippen LogP contribution in [0.1, 0.15) is 12.5 Å². The first-order valence-electron chi connectivity index (χ1n) is 3.97. The fourth-order valence-electron chi connectivity index (χ4n) is 1.05. The van der Waals surface area contributed by atoms with Gasteiger partial charge in [-0.2, -0.15) is 0 Å². The number of hydrogen-bond acceptors (Lipinski definition) is 1. The van der Waals surface area contributed by atoms with E-state index >= 15 is 0 Å². The molecule has 0 aromatic heterocycles. The van der Waals surface area contributed by atoms with E-state index in [1.54, 1.807) is 0 Å². The number of thiol groups is 1. The summed E-state index contributed by atoms with van der Waals surface area (Å²) in [6, 6.07) is 9.97. The molecule has 0 amide bonds. The third-order valence-corrected chi connectivity index (χ3v) is 2.25. The van der Waals surface area contributed by atoms with E-state index in [0.717, 1.165) is 6.42 Å². The topological polar surface area (TPSA) is 17.1 Å². The highest BCUT2D eigenvalue weighted by Crippen LogP contribution is 2.09. The number of hydrogen-bond donors (Lipinski definition) is 1. The average Bonchev–Trinajstić information content (AvgIpc) is 2.06. The maximum absolute atomic E-state index is 10.8. The zero-order valence-corrected chi connectivity index (χ0v) is 7.92. The van der Waals surface area contributed by atoms with Crippen LogP contribution in [0.2, 0.25) is 0 Å². The molecule has 1 nitrogen and oxygen atoms in total. The summed E-state index contributed by atoms with van der Waals surface area (Å²) in [6.07, 6.45) is 0.781. The highest BCUT2D eigenvalue weighted by Gasteiger charge is 2.08. The minimum Gasteiger partial charge on any atom is -0.287 e. The minimum absolute atomic E-state index is 0.00994. The van der Waals surface area contributed by atoms with Crippen LogP contribution in [0.3, 0.4) is 0 Å². The fraction of sp³-hybridized carbons (Fsp3) is 0.300. The molecule has 0 bridgehead atoms. The Bertz CT molecular complexity index is 256. The fourth-order valence-corrected chi connectivity index (χ4v) is 1.15. The highest BCUT2D eigenvalue weighted by molar-refractivity contribution is 7.96. The van der Waals surface area contributed by atoms with Gasteiger partial charge in [-0.25, -0.2) is 0 Å². The maximum atomic E-state index is 10.8. The van der Waals surface area contributed by atoms with Crippen molar-refractivity contribution in [2.45, 2.75) is 13.3 Å². The van der Waals surface area contributed by atoms with Crippen molar-refractivity contribution in [3.63, 3.8) is 0 Å². The van der Waals surface area contributed by atoms with Crippen LogP contribution in [0.4, 0.5) is 0 Å². The Labute approximate surface area is 78.2 Å². The molecule has 0 N–H and O–H groups in total. The molecule has 0 aliphatic heterocycles. The van der Waals surface area contributed by atoms with Crippen molar-refractivity contribution in [2.24, 2.45) is 5.92 Å². The maximum Gasteiger partial charge on any atom is 0.189 e. The van der Waals surface area contributed by atoms with Crippen LogP contribution in [0.15, 0.2) is 30.3 Å². The van der Waals surface area contributed by atoms with Gasteiger partial charge in [0.25, 0.3) is 0 Å². The Morgan fingerprint density at radius 1 is 1.42 bits per heavy atom. The number of carbonyl (C=O) groups excluding carboxylic acids is 1. The van der Waals surface area contributed by atoms with E-state index < -0.39 is 0 Å². The second-order valence-electron chi connectivity index (χ2n) is 2.93. The molecule has 0 spiro atoms. The largest absolute Gasteiger partial charge is 0.287 e. The van der Waals surface area contributed by atoms with Crippen molar-refractivity contribution in [3.8, 4) is 0 Å². The number of carbonyl (C=O) groups is 1. The quantitative estimate of drug-likeness (QED) is 0.706. The van der Waals surface area contributed by atoms with Crippen LogP contribution >= 0.6 is 12.6 Å². The summed E-state index contributed by atoms with van der Waals surface area (Å²) in [6.45, 7) is 1.89. The van der Waals surface area contributed by atoms with Crippen LogP contribution in [0.25, 0.3) is 0 Å². The Morgan fingerprint density at radius 2 is 2.00 bits per heavy atom. The molecule has 1 aromatic carbocycles. The lowest BCUT2D eigenvalue weighted by molar-refractivity contribution is -0.113. The van der Waals surface area contributed by atoms with Gasteiger partial charge >= 0.3 is 0 Å². The summed E-state index contributed by atoms with van der Waals surface area (Å²) in [4.78, 5) is 10.8. The third kappa shape index (κ3) is 2.70. The molecule has 1 rings (SSSR count). The van der Waals surface area contributed by atoms with Crippen molar-refractivity contribution >= 4 is 17.7 Å². The average molecular weight is 180 g/mol. The van der Waals surface area contributed by atoms with E-state index in [-0.39, 0.29) is 11.0 Å². The molecular formula is C10H12OS. The van der Waals surface area contributed by atoms with Gasteiger partial charge in [-0.3, -0.25) is 4.79 Å². The normalized spacial score (nSPS) is 12.5. The van der Waals surface area contributed by atoms with E-state index in [1.807, 2.05) is 37.3 Å². The summed E-state index contributed by atoms with van der Waals surface area (Å²) in [7, 11) is 0. The molecule has 64 valence electrons. The lowest BCUT2D eigenvalue weighted by atomic mass is 10.0. The van der Waals surface area contributed by atoms with Crippen LogP contribution in [0, 0.1) is 5.92 Å². The van der Waals surface area contributed by atoms with Gasteiger partial charge in [0.15, 0.2) is 5.12 Å². The molecule has 12 heavy (non-hydrogen) atoms. The Hall–Kier alpha value is -0.760. The SMILES string of the molecule is C[C@@H](Cc1ccccc1)C(=O)S. The van der Waals surface area contributed by atoms with Gasteiger partial charge < -0.3 is 0 Å². The van der Waals surface area contributed by atoms with Gasteiger partial charge in [-0.15, -0.1) is 12.6 Å². The van der Waals surface area contributed by atoms with Gasteiger partial charge in [0.2, 0.25) is 0 Å². The summed E-state index contributed by atoms with van der Waals surface area (Å²) in [5, 5.41) is -0.0427. The number of benzene rings is 1. The van der Waals surface area contributed by atoms with E-state index in [1.165, 1.54) is 5.56 Å². The van der Waals surface area contributed by atoms with Gasteiger partial charge in [0.1, 0.15) is 0 Å². The van der Waals surface area contributed by atoms with E-state index in [0.29, 0.717) is 0 Å². The van der Waals surface area contributed by atoms with Crippen molar-refractivity contribution in [2.75, 3.05) is 0 Å². The summed E-state index contributed by atoms with van der Waals surface area (Å²) in [5.74, 6) is 0.00994. The third-order valence-electron chi connectivity index (χ3n) is 1.81. The van der Waals surface area contributed by atoms with Gasteiger partial charge in [-0.1, -0.05) is 37.3 Å². The highest BCUT2D eigenvalue weighted by atomic mass is 32.1. The molecule has 0 unspecified atom stereocenters. The zero-order valence-electron chi connectivity index (χ0n) is 7.03.